The number of carbonyl (C=O) groups excluding carboxylic acids is 2. The van der Waals surface area contributed by atoms with E-state index in [9.17, 15) is 18.4 Å². The Morgan fingerprint density at radius 2 is 1.10 bits per heavy atom. The predicted molar refractivity (Wildman–Crippen MR) is 190 cm³/mol. The minimum atomic E-state index is -0.279. The molecule has 0 aliphatic carbocycles. The van der Waals surface area contributed by atoms with Gasteiger partial charge in [0.05, 0.1) is 18.5 Å². The van der Waals surface area contributed by atoms with Crippen molar-refractivity contribution in [1.82, 2.24) is 14.2 Å². The van der Waals surface area contributed by atoms with Gasteiger partial charge < -0.3 is 9.13 Å². The van der Waals surface area contributed by atoms with Crippen LogP contribution in [0.2, 0.25) is 0 Å². The number of hydrogen-bond acceptors (Lipinski definition) is 3. The lowest BCUT2D eigenvalue weighted by Crippen LogP contribution is -2.23. The van der Waals surface area contributed by atoms with E-state index < -0.39 is 0 Å². The van der Waals surface area contributed by atoms with Crippen molar-refractivity contribution in [2.45, 2.75) is 39.8 Å². The zero-order valence-electron chi connectivity index (χ0n) is 27.9. The standard InChI is InChI=1S/C22H23FN2O2.C18H16FNO/c1-15(2)25-19-8-6-5-7-18(19)22(16-9-11-17(23)12-10-16)20(25)13-14-21(26)24(3)27-4;1-12(2)20-16-6-4-3-5-15(16)18(17(20)11-21)13-7-9-14(19)10-8-13/h5-15H,1-4H3;3-12H,1-2H3/b14-13+;. The summed E-state index contributed by atoms with van der Waals surface area (Å²) < 4.78 is 30.8. The van der Waals surface area contributed by atoms with Crippen LogP contribution in [0.4, 0.5) is 8.78 Å². The first kappa shape index (κ1) is 34.0. The van der Waals surface area contributed by atoms with Crippen molar-refractivity contribution in [2.75, 3.05) is 14.2 Å². The van der Waals surface area contributed by atoms with Crippen molar-refractivity contribution in [2.24, 2.45) is 0 Å². The van der Waals surface area contributed by atoms with Gasteiger partial charge in [-0.05, 0) is 81.3 Å². The fourth-order valence-electron chi connectivity index (χ4n) is 6.14. The van der Waals surface area contributed by atoms with Crippen molar-refractivity contribution in [3.05, 3.63) is 126 Å². The van der Waals surface area contributed by atoms with Crippen LogP contribution in [0.15, 0.2) is 103 Å². The number of amides is 1. The van der Waals surface area contributed by atoms with Gasteiger partial charge >= 0.3 is 0 Å². The van der Waals surface area contributed by atoms with Crippen molar-refractivity contribution >= 4 is 40.1 Å². The molecule has 0 atom stereocenters. The van der Waals surface area contributed by atoms with E-state index in [1.165, 1.54) is 37.5 Å². The molecule has 1 amide bonds. The van der Waals surface area contributed by atoms with Crippen molar-refractivity contribution in [1.29, 1.82) is 0 Å². The number of para-hydroxylation sites is 2. The quantitative estimate of drug-likeness (QED) is 0.0939. The van der Waals surface area contributed by atoms with Gasteiger partial charge in [0.25, 0.3) is 5.91 Å². The monoisotopic (exact) mass is 647 g/mol. The van der Waals surface area contributed by atoms with Crippen molar-refractivity contribution < 1.29 is 23.2 Å². The molecular weight excluding hydrogens is 608 g/mol. The maximum absolute atomic E-state index is 13.4. The van der Waals surface area contributed by atoms with Gasteiger partial charge in [-0.3, -0.25) is 14.4 Å². The highest BCUT2D eigenvalue weighted by atomic mass is 19.1. The summed E-state index contributed by atoms with van der Waals surface area (Å²) >= 11 is 0. The number of hydrogen-bond donors (Lipinski definition) is 0. The van der Waals surface area contributed by atoms with E-state index in [1.54, 1.807) is 37.4 Å². The molecule has 0 aliphatic heterocycles. The molecule has 6 rings (SSSR count). The van der Waals surface area contributed by atoms with Crippen LogP contribution in [0.1, 0.15) is 56.0 Å². The highest BCUT2D eigenvalue weighted by molar-refractivity contribution is 6.05. The molecule has 6 nitrogen and oxygen atoms in total. The Morgan fingerprint density at radius 1 is 0.688 bits per heavy atom. The summed E-state index contributed by atoms with van der Waals surface area (Å²) in [5.41, 5.74) is 7.23. The van der Waals surface area contributed by atoms with Crippen LogP contribution in [0.5, 0.6) is 0 Å². The first-order valence-electron chi connectivity index (χ1n) is 15.8. The molecule has 8 heteroatoms. The van der Waals surface area contributed by atoms with Crippen molar-refractivity contribution in [3.8, 4) is 22.3 Å². The number of fused-ring (bicyclic) bond motifs is 2. The van der Waals surface area contributed by atoms with E-state index in [0.29, 0.717) is 5.69 Å². The molecule has 2 heterocycles. The first-order valence-corrected chi connectivity index (χ1v) is 15.8. The molecular formula is C40H39F2N3O3. The maximum Gasteiger partial charge on any atom is 0.269 e. The summed E-state index contributed by atoms with van der Waals surface area (Å²) in [6.45, 7) is 8.30. The summed E-state index contributed by atoms with van der Waals surface area (Å²) in [4.78, 5) is 28.8. The fourth-order valence-corrected chi connectivity index (χ4v) is 6.14. The number of aromatic nitrogens is 2. The second-order valence-corrected chi connectivity index (χ2v) is 12.0. The molecule has 246 valence electrons. The molecule has 0 bridgehead atoms. The highest BCUT2D eigenvalue weighted by Gasteiger charge is 2.20. The summed E-state index contributed by atoms with van der Waals surface area (Å²) in [7, 11) is 3.01. The highest BCUT2D eigenvalue weighted by Crippen LogP contribution is 2.38. The molecule has 0 fully saturated rings. The lowest BCUT2D eigenvalue weighted by molar-refractivity contribution is -0.162. The van der Waals surface area contributed by atoms with Crippen LogP contribution in [0.3, 0.4) is 0 Å². The zero-order valence-corrected chi connectivity index (χ0v) is 27.9. The number of likely N-dealkylation sites (N-methyl/N-ethyl adjacent to an activating group) is 1. The molecule has 2 aromatic heterocycles. The van der Waals surface area contributed by atoms with Gasteiger partial charge in [-0.2, -0.15) is 0 Å². The smallest absolute Gasteiger partial charge is 0.269 e. The molecule has 0 radical (unpaired) electrons. The molecule has 0 saturated heterocycles. The van der Waals surface area contributed by atoms with Gasteiger partial charge in [0.15, 0.2) is 6.29 Å². The average molecular weight is 648 g/mol. The summed E-state index contributed by atoms with van der Waals surface area (Å²) in [6.07, 6.45) is 4.18. The first-order chi connectivity index (χ1) is 23.1. The molecule has 0 unspecified atom stereocenters. The van der Waals surface area contributed by atoms with Crippen LogP contribution >= 0.6 is 0 Å². The molecule has 6 aromatic rings. The Balaban J connectivity index is 0.000000194. The van der Waals surface area contributed by atoms with Crippen LogP contribution in [0.25, 0.3) is 50.1 Å². The number of carbonyl (C=O) groups is 2. The van der Waals surface area contributed by atoms with Gasteiger partial charge in [-0.1, -0.05) is 60.7 Å². The second kappa shape index (κ2) is 14.6. The second-order valence-electron chi connectivity index (χ2n) is 12.0. The predicted octanol–water partition coefficient (Wildman–Crippen LogP) is 9.90. The van der Waals surface area contributed by atoms with Gasteiger partial charge in [0.2, 0.25) is 0 Å². The lowest BCUT2D eigenvalue weighted by atomic mass is 10.0. The third kappa shape index (κ3) is 6.71. The summed E-state index contributed by atoms with van der Waals surface area (Å²) in [5, 5.41) is 3.24. The number of nitrogens with zero attached hydrogens (tertiary/aromatic N) is 3. The van der Waals surface area contributed by atoms with E-state index in [1.807, 2.05) is 60.9 Å². The minimum Gasteiger partial charge on any atom is -0.338 e. The number of rotatable bonds is 8. The molecule has 0 saturated carbocycles. The molecule has 4 aromatic carbocycles. The Bertz CT molecular complexity index is 2090. The van der Waals surface area contributed by atoms with Gasteiger partial charge in [0, 0.05) is 58.1 Å². The SMILES string of the molecule is CC(C)n1c(C=O)c(-c2ccc(F)cc2)c2ccccc21.CON(C)C(=O)/C=C/c1c(-c2ccc(F)cc2)c2ccccc2n1C(C)C. The Labute approximate surface area is 279 Å². The van der Waals surface area contributed by atoms with Gasteiger partial charge in [-0.25, -0.2) is 13.8 Å². The minimum absolute atomic E-state index is 0.171. The normalized spacial score (nSPS) is 11.5. The van der Waals surface area contributed by atoms with E-state index >= 15 is 0 Å². The average Bonchev–Trinajstić information content (AvgIpc) is 3.61. The largest absolute Gasteiger partial charge is 0.338 e. The lowest BCUT2D eigenvalue weighted by Gasteiger charge is -2.14. The molecule has 0 N–H and O–H groups in total. The number of aldehydes is 1. The fraction of sp³-hybridized carbons (Fsp3) is 0.200. The Morgan fingerprint density at radius 3 is 1.52 bits per heavy atom. The number of halogens is 2. The third-order valence-electron chi connectivity index (χ3n) is 8.28. The maximum atomic E-state index is 13.4. The topological polar surface area (TPSA) is 56.5 Å². The van der Waals surface area contributed by atoms with Crippen LogP contribution in [-0.4, -0.2) is 40.5 Å². The van der Waals surface area contributed by atoms with Crippen LogP contribution in [-0.2, 0) is 9.63 Å². The Kier molecular flexibility index (Phi) is 10.4. The third-order valence-corrected chi connectivity index (χ3v) is 8.28. The van der Waals surface area contributed by atoms with Crippen LogP contribution in [0, 0.1) is 11.6 Å². The molecule has 0 aliphatic rings. The van der Waals surface area contributed by atoms with E-state index in [2.05, 4.69) is 24.5 Å². The van der Waals surface area contributed by atoms with Gasteiger partial charge in [0.1, 0.15) is 11.6 Å². The Hall–Kier alpha value is -5.34. The van der Waals surface area contributed by atoms with E-state index in [-0.39, 0.29) is 29.6 Å². The van der Waals surface area contributed by atoms with Crippen molar-refractivity contribution in [3.63, 3.8) is 0 Å². The van der Waals surface area contributed by atoms with E-state index in [0.717, 1.165) is 61.1 Å². The number of hydroxylamine groups is 2. The van der Waals surface area contributed by atoms with E-state index in [4.69, 9.17) is 4.84 Å². The molecule has 48 heavy (non-hydrogen) atoms. The van der Waals surface area contributed by atoms with Crippen LogP contribution < -0.4 is 0 Å². The zero-order chi connectivity index (χ0) is 34.5. The number of benzene rings is 4. The molecule has 0 spiro atoms. The van der Waals surface area contributed by atoms with Gasteiger partial charge in [-0.15, -0.1) is 0 Å². The summed E-state index contributed by atoms with van der Waals surface area (Å²) in [5.74, 6) is -0.817. The summed E-state index contributed by atoms with van der Waals surface area (Å²) in [6, 6.07) is 29.1.